The van der Waals surface area contributed by atoms with Crippen molar-refractivity contribution >= 4 is 5.71 Å². The number of nitrogens with zero attached hydrogens (tertiary/aromatic N) is 1. The SMILES string of the molecule is CCON=C(C)C(c1ccccc1)(c1ccccc1)c1ccccc1. The van der Waals surface area contributed by atoms with Crippen LogP contribution >= 0.6 is 0 Å². The van der Waals surface area contributed by atoms with Crippen molar-refractivity contribution in [3.8, 4) is 0 Å². The molecule has 0 fully saturated rings. The zero-order valence-corrected chi connectivity index (χ0v) is 14.7. The molecule has 3 aromatic carbocycles. The summed E-state index contributed by atoms with van der Waals surface area (Å²) < 4.78 is 0. The van der Waals surface area contributed by atoms with Crippen LogP contribution in [-0.2, 0) is 10.3 Å². The first-order valence-electron chi connectivity index (χ1n) is 8.63. The lowest BCUT2D eigenvalue weighted by Gasteiger charge is -2.35. The van der Waals surface area contributed by atoms with E-state index in [2.05, 4.69) is 78.0 Å². The maximum absolute atomic E-state index is 5.45. The lowest BCUT2D eigenvalue weighted by molar-refractivity contribution is 0.157. The molecule has 0 aromatic heterocycles. The number of hydrogen-bond donors (Lipinski definition) is 0. The van der Waals surface area contributed by atoms with Crippen LogP contribution in [0, 0.1) is 0 Å². The average molecular weight is 329 g/mol. The lowest BCUT2D eigenvalue weighted by atomic mass is 9.66. The van der Waals surface area contributed by atoms with Crippen molar-refractivity contribution in [3.05, 3.63) is 108 Å². The van der Waals surface area contributed by atoms with Crippen LogP contribution in [0.4, 0.5) is 0 Å². The molecule has 0 aliphatic rings. The molecule has 0 saturated heterocycles. The van der Waals surface area contributed by atoms with Gasteiger partial charge in [-0.1, -0.05) is 96.2 Å². The van der Waals surface area contributed by atoms with Crippen molar-refractivity contribution in [2.75, 3.05) is 6.61 Å². The van der Waals surface area contributed by atoms with E-state index >= 15 is 0 Å². The Morgan fingerprint density at radius 3 is 1.40 bits per heavy atom. The van der Waals surface area contributed by atoms with E-state index < -0.39 is 5.41 Å². The van der Waals surface area contributed by atoms with Gasteiger partial charge in [0.05, 0.1) is 11.1 Å². The van der Waals surface area contributed by atoms with Crippen LogP contribution in [0.15, 0.2) is 96.2 Å². The standard InChI is InChI=1S/C23H23NO/c1-3-25-24-19(2)23(20-13-7-4-8-14-20,21-15-9-5-10-16-21)22-17-11-6-12-18-22/h4-18H,3H2,1-2H3. The summed E-state index contributed by atoms with van der Waals surface area (Å²) in [6, 6.07) is 31.5. The van der Waals surface area contributed by atoms with Gasteiger partial charge in [-0.15, -0.1) is 0 Å². The van der Waals surface area contributed by atoms with Gasteiger partial charge in [-0.05, 0) is 30.5 Å². The van der Waals surface area contributed by atoms with Crippen molar-refractivity contribution < 1.29 is 4.84 Å². The minimum Gasteiger partial charge on any atom is -0.396 e. The Balaban J connectivity index is 2.36. The van der Waals surface area contributed by atoms with Gasteiger partial charge < -0.3 is 4.84 Å². The Labute approximate surface area is 149 Å². The quantitative estimate of drug-likeness (QED) is 0.335. The van der Waals surface area contributed by atoms with Crippen LogP contribution in [0.3, 0.4) is 0 Å². The normalized spacial score (nSPS) is 12.0. The molecule has 0 saturated carbocycles. The van der Waals surface area contributed by atoms with Crippen molar-refractivity contribution in [2.24, 2.45) is 5.16 Å². The molecule has 3 rings (SSSR count). The van der Waals surface area contributed by atoms with Gasteiger partial charge in [0.2, 0.25) is 0 Å². The van der Waals surface area contributed by atoms with Crippen LogP contribution in [0.5, 0.6) is 0 Å². The zero-order valence-electron chi connectivity index (χ0n) is 14.7. The van der Waals surface area contributed by atoms with Crippen LogP contribution in [0.2, 0.25) is 0 Å². The molecule has 2 heteroatoms. The van der Waals surface area contributed by atoms with E-state index in [9.17, 15) is 0 Å². The Bertz CT molecular complexity index is 714. The Morgan fingerprint density at radius 1 is 0.720 bits per heavy atom. The second-order valence-corrected chi connectivity index (χ2v) is 5.94. The Morgan fingerprint density at radius 2 is 1.08 bits per heavy atom. The molecule has 0 N–H and O–H groups in total. The molecule has 25 heavy (non-hydrogen) atoms. The summed E-state index contributed by atoms with van der Waals surface area (Å²) in [5.41, 5.74) is 3.95. The van der Waals surface area contributed by atoms with Gasteiger partial charge >= 0.3 is 0 Å². The maximum atomic E-state index is 5.45. The van der Waals surface area contributed by atoms with Gasteiger partial charge in [0.1, 0.15) is 6.61 Å². The van der Waals surface area contributed by atoms with Gasteiger partial charge in [0.25, 0.3) is 0 Å². The van der Waals surface area contributed by atoms with E-state index in [1.807, 2.05) is 32.0 Å². The van der Waals surface area contributed by atoms with Crippen molar-refractivity contribution in [2.45, 2.75) is 19.3 Å². The fraction of sp³-hybridized carbons (Fsp3) is 0.174. The Hall–Kier alpha value is -2.87. The highest BCUT2D eigenvalue weighted by atomic mass is 16.6. The monoisotopic (exact) mass is 329 g/mol. The van der Waals surface area contributed by atoms with Crippen LogP contribution in [0.1, 0.15) is 30.5 Å². The summed E-state index contributed by atoms with van der Waals surface area (Å²) in [6.45, 7) is 4.54. The first-order valence-corrected chi connectivity index (χ1v) is 8.63. The first kappa shape index (κ1) is 17.0. The van der Waals surface area contributed by atoms with Crippen LogP contribution < -0.4 is 0 Å². The molecule has 0 spiro atoms. The molecule has 0 bridgehead atoms. The predicted octanol–water partition coefficient (Wildman–Crippen LogP) is 5.43. The highest BCUT2D eigenvalue weighted by Crippen LogP contribution is 2.40. The third-order valence-electron chi connectivity index (χ3n) is 4.49. The number of hydrogen-bond acceptors (Lipinski definition) is 2. The zero-order chi connectivity index (χ0) is 17.5. The highest BCUT2D eigenvalue weighted by molar-refractivity contribution is 5.99. The van der Waals surface area contributed by atoms with Gasteiger partial charge in [-0.3, -0.25) is 0 Å². The number of benzene rings is 3. The molecule has 0 heterocycles. The largest absolute Gasteiger partial charge is 0.396 e. The van der Waals surface area contributed by atoms with Gasteiger partial charge in [0.15, 0.2) is 0 Å². The highest BCUT2D eigenvalue weighted by Gasteiger charge is 2.39. The van der Waals surface area contributed by atoms with E-state index in [0.29, 0.717) is 6.61 Å². The molecule has 0 radical (unpaired) electrons. The molecule has 0 atom stereocenters. The first-order chi connectivity index (χ1) is 12.3. The van der Waals surface area contributed by atoms with Crippen LogP contribution in [0.25, 0.3) is 0 Å². The van der Waals surface area contributed by atoms with Gasteiger partial charge in [0, 0.05) is 0 Å². The summed E-state index contributed by atoms with van der Waals surface area (Å²) in [4.78, 5) is 5.45. The summed E-state index contributed by atoms with van der Waals surface area (Å²) in [5, 5.41) is 4.46. The molecular weight excluding hydrogens is 306 g/mol. The minimum absolute atomic E-state index is 0.487. The fourth-order valence-electron chi connectivity index (χ4n) is 3.42. The second-order valence-electron chi connectivity index (χ2n) is 5.94. The third-order valence-corrected chi connectivity index (χ3v) is 4.49. The Kier molecular flexibility index (Phi) is 5.30. The summed E-state index contributed by atoms with van der Waals surface area (Å²) in [5.74, 6) is 0. The molecule has 0 unspecified atom stereocenters. The van der Waals surface area contributed by atoms with Crippen molar-refractivity contribution in [3.63, 3.8) is 0 Å². The molecule has 126 valence electrons. The summed E-state index contributed by atoms with van der Waals surface area (Å²) in [7, 11) is 0. The summed E-state index contributed by atoms with van der Waals surface area (Å²) in [6.07, 6.45) is 0. The van der Waals surface area contributed by atoms with Gasteiger partial charge in [-0.25, -0.2) is 0 Å². The number of rotatable bonds is 6. The molecule has 0 aliphatic carbocycles. The molecule has 0 aliphatic heterocycles. The van der Waals surface area contributed by atoms with E-state index in [-0.39, 0.29) is 0 Å². The predicted molar refractivity (Wildman–Crippen MR) is 104 cm³/mol. The van der Waals surface area contributed by atoms with E-state index in [1.165, 1.54) is 16.7 Å². The van der Waals surface area contributed by atoms with Crippen LogP contribution in [-0.4, -0.2) is 12.3 Å². The van der Waals surface area contributed by atoms with E-state index in [1.54, 1.807) is 0 Å². The molecule has 2 nitrogen and oxygen atoms in total. The minimum atomic E-state index is -0.487. The molecule has 3 aromatic rings. The topological polar surface area (TPSA) is 21.6 Å². The third kappa shape index (κ3) is 3.20. The smallest absolute Gasteiger partial charge is 0.114 e. The number of oxime groups is 1. The summed E-state index contributed by atoms with van der Waals surface area (Å²) >= 11 is 0. The van der Waals surface area contributed by atoms with Gasteiger partial charge in [-0.2, -0.15) is 0 Å². The molecule has 0 amide bonds. The lowest BCUT2D eigenvalue weighted by Crippen LogP contribution is -2.37. The second kappa shape index (κ2) is 7.80. The maximum Gasteiger partial charge on any atom is 0.114 e. The molecular formula is C23H23NO. The average Bonchev–Trinajstić information content (AvgIpc) is 2.69. The van der Waals surface area contributed by atoms with Crippen molar-refractivity contribution in [1.82, 2.24) is 0 Å². The van der Waals surface area contributed by atoms with E-state index in [4.69, 9.17) is 4.84 Å². The van der Waals surface area contributed by atoms with Crippen molar-refractivity contribution in [1.29, 1.82) is 0 Å². The fourth-order valence-corrected chi connectivity index (χ4v) is 3.42. The van der Waals surface area contributed by atoms with E-state index in [0.717, 1.165) is 5.71 Å².